The first-order valence-corrected chi connectivity index (χ1v) is 17.0. The third-order valence-corrected chi connectivity index (χ3v) is 10.4. The maximum atomic E-state index is 5.24. The lowest BCUT2D eigenvalue weighted by Gasteiger charge is -2.37. The summed E-state index contributed by atoms with van der Waals surface area (Å²) in [6, 6.07) is 37.7. The van der Waals surface area contributed by atoms with Crippen LogP contribution in [0.25, 0.3) is 33.4 Å². The average Bonchev–Trinajstić information content (AvgIpc) is 3.43. The summed E-state index contributed by atoms with van der Waals surface area (Å²) in [5.41, 5.74) is 25.1. The summed E-state index contributed by atoms with van der Waals surface area (Å²) in [7, 11) is 0. The molecule has 7 rings (SSSR count). The molecule has 1 radical (unpaired) electrons. The summed E-state index contributed by atoms with van der Waals surface area (Å²) in [6.07, 6.45) is 13.3. The first kappa shape index (κ1) is 31.0. The van der Waals surface area contributed by atoms with Crippen LogP contribution in [0.4, 0.5) is 0 Å². The van der Waals surface area contributed by atoms with Crippen LogP contribution in [0.2, 0.25) is 0 Å². The van der Waals surface area contributed by atoms with Crippen LogP contribution < -0.4 is 0 Å². The second-order valence-corrected chi connectivity index (χ2v) is 12.7. The van der Waals surface area contributed by atoms with E-state index in [9.17, 15) is 0 Å². The maximum Gasteiger partial charge on any atom is 0.0821 e. The topological polar surface area (TPSA) is 12.4 Å². The standard InChI is InChI=1S/C47H38N/c1-4-7-8-18-28-48-38-27-19-26-37(29-38)42-33-46-44(31-40(42)35-22-14-10-15-23-35)43-30-39(34-20-12-9-13-21-34)41(36-24-16-11-17-25-36)32-45(43)47(46,5-2)6-3/h1,9-17,19-26,29-32,38,42H,5-6,27,33H2,2-3H3. The largest absolute Gasteiger partial charge is 0.227 e. The molecule has 0 aromatic heterocycles. The van der Waals surface area contributed by atoms with E-state index in [1.807, 2.05) is 0 Å². The molecule has 231 valence electrons. The van der Waals surface area contributed by atoms with Gasteiger partial charge in [-0.1, -0.05) is 134 Å². The van der Waals surface area contributed by atoms with Crippen molar-refractivity contribution in [2.75, 3.05) is 0 Å². The van der Waals surface area contributed by atoms with Gasteiger partial charge in [0.2, 0.25) is 0 Å². The molecule has 0 amide bonds. The number of rotatable bonds is 7. The van der Waals surface area contributed by atoms with E-state index in [1.165, 1.54) is 55.7 Å². The van der Waals surface area contributed by atoms with E-state index < -0.39 is 0 Å². The van der Waals surface area contributed by atoms with Gasteiger partial charge < -0.3 is 0 Å². The van der Waals surface area contributed by atoms with Crippen molar-refractivity contribution in [2.24, 2.45) is 10.9 Å². The average molecular weight is 617 g/mol. The lowest BCUT2D eigenvalue weighted by atomic mass is 9.66. The summed E-state index contributed by atoms with van der Waals surface area (Å²) < 4.78 is 0. The molecule has 3 aliphatic carbocycles. The highest BCUT2D eigenvalue weighted by Crippen LogP contribution is 2.59. The molecule has 3 aliphatic rings. The summed E-state index contributed by atoms with van der Waals surface area (Å²) in [5.74, 6) is 3.09. The van der Waals surface area contributed by atoms with E-state index in [2.05, 4.69) is 175 Å². The molecule has 0 heterocycles. The lowest BCUT2D eigenvalue weighted by Crippen LogP contribution is -2.28. The number of benzene rings is 4. The van der Waals surface area contributed by atoms with Crippen LogP contribution in [0.3, 0.4) is 0 Å². The number of aliphatic imine (C=N–C) groups is 1. The molecule has 0 N–H and O–H groups in total. The van der Waals surface area contributed by atoms with Crippen LogP contribution in [0.5, 0.6) is 0 Å². The van der Waals surface area contributed by atoms with E-state index in [-0.39, 0.29) is 17.4 Å². The lowest BCUT2D eigenvalue weighted by molar-refractivity contribution is 0.453. The van der Waals surface area contributed by atoms with Gasteiger partial charge in [0.15, 0.2) is 0 Å². The molecule has 0 fully saturated rings. The number of allylic oxidation sites excluding steroid dienone is 6. The number of nitrogens with zero attached hydrogens (tertiary/aromatic N) is 1. The Morgan fingerprint density at radius 2 is 1.38 bits per heavy atom. The van der Waals surface area contributed by atoms with E-state index in [0.29, 0.717) is 0 Å². The van der Waals surface area contributed by atoms with Gasteiger partial charge in [0.25, 0.3) is 0 Å². The van der Waals surface area contributed by atoms with Crippen molar-refractivity contribution in [3.63, 3.8) is 0 Å². The monoisotopic (exact) mass is 616 g/mol. The van der Waals surface area contributed by atoms with Crippen molar-refractivity contribution in [1.82, 2.24) is 0 Å². The Labute approximate surface area is 285 Å². The second kappa shape index (κ2) is 13.6. The van der Waals surface area contributed by atoms with Crippen LogP contribution in [-0.2, 0) is 5.41 Å². The quantitative estimate of drug-likeness (QED) is 0.145. The van der Waals surface area contributed by atoms with Crippen molar-refractivity contribution < 1.29 is 0 Å². The van der Waals surface area contributed by atoms with Gasteiger partial charge in [0.05, 0.1) is 6.04 Å². The third kappa shape index (κ3) is 5.65. The number of hydrogen-bond donors (Lipinski definition) is 0. The molecular weight excluding hydrogens is 579 g/mol. The van der Waals surface area contributed by atoms with Crippen LogP contribution in [0.15, 0.2) is 166 Å². The number of hydrogen-bond acceptors (Lipinski definition) is 1. The van der Waals surface area contributed by atoms with Crippen molar-refractivity contribution in [2.45, 2.75) is 51.0 Å². The highest BCUT2D eigenvalue weighted by atomic mass is 14.7. The van der Waals surface area contributed by atoms with Crippen LogP contribution in [-0.4, -0.2) is 11.9 Å². The first-order valence-electron chi connectivity index (χ1n) is 17.0. The predicted molar refractivity (Wildman–Crippen MR) is 200 cm³/mol. The molecule has 4 aromatic rings. The minimum absolute atomic E-state index is 0.0118. The van der Waals surface area contributed by atoms with E-state index in [0.717, 1.165) is 25.7 Å². The van der Waals surface area contributed by atoms with Gasteiger partial charge in [-0.25, -0.2) is 4.99 Å². The molecule has 0 saturated carbocycles. The van der Waals surface area contributed by atoms with Crippen LogP contribution in [0, 0.1) is 12.5 Å². The molecular formula is C47H38N. The number of fused-ring (bicyclic) bond motifs is 2. The highest BCUT2D eigenvalue weighted by molar-refractivity contribution is 5.98. The smallest absolute Gasteiger partial charge is 0.0821 e. The zero-order valence-corrected chi connectivity index (χ0v) is 27.6. The van der Waals surface area contributed by atoms with E-state index >= 15 is 0 Å². The van der Waals surface area contributed by atoms with Crippen LogP contribution >= 0.6 is 0 Å². The Morgan fingerprint density at radius 1 is 0.750 bits per heavy atom. The van der Waals surface area contributed by atoms with Gasteiger partial charge in [-0.2, -0.15) is 0 Å². The SMILES string of the molecule is [CH]=C=C=C=C=C=NC1C=C(C2CC3=C(C=C2c2ccccc2)c2cc(-c4ccccc4)c(-c4ccccc4)cc2C3(CC)CC)C=CC1. The molecule has 0 spiro atoms. The fourth-order valence-electron chi connectivity index (χ4n) is 8.05. The Morgan fingerprint density at radius 3 is 2.00 bits per heavy atom. The molecule has 48 heavy (non-hydrogen) atoms. The molecule has 2 atom stereocenters. The molecule has 0 saturated heterocycles. The molecule has 1 heteroatoms. The molecule has 1 nitrogen and oxygen atoms in total. The van der Waals surface area contributed by atoms with Crippen LogP contribution in [0.1, 0.15) is 56.2 Å². The summed E-state index contributed by atoms with van der Waals surface area (Å²) in [4.78, 5) is 4.64. The molecule has 2 unspecified atom stereocenters. The zero-order valence-electron chi connectivity index (χ0n) is 27.6. The molecule has 0 aliphatic heterocycles. The van der Waals surface area contributed by atoms with Gasteiger partial charge in [-0.15, -0.1) is 0 Å². The van der Waals surface area contributed by atoms with Gasteiger partial charge in [0, 0.05) is 28.7 Å². The predicted octanol–water partition coefficient (Wildman–Crippen LogP) is 11.5. The van der Waals surface area contributed by atoms with Crippen molar-refractivity contribution in [3.05, 3.63) is 185 Å². The van der Waals surface area contributed by atoms with E-state index in [4.69, 9.17) is 6.58 Å². The first-order chi connectivity index (χ1) is 23.7. The Hall–Kier alpha value is -5.59. The summed E-state index contributed by atoms with van der Waals surface area (Å²) in [6.45, 7) is 9.98. The zero-order chi connectivity index (χ0) is 32.9. The summed E-state index contributed by atoms with van der Waals surface area (Å²) in [5, 5.41) is 0. The fraction of sp³-hybridized carbons (Fsp3) is 0.191. The Kier molecular flexibility index (Phi) is 8.82. The minimum Gasteiger partial charge on any atom is -0.227 e. The molecule has 0 bridgehead atoms. The maximum absolute atomic E-state index is 5.24. The third-order valence-electron chi connectivity index (χ3n) is 10.4. The Balaban J connectivity index is 1.43. The van der Waals surface area contributed by atoms with Crippen molar-refractivity contribution >= 4 is 17.0 Å². The van der Waals surface area contributed by atoms with Gasteiger partial charge in [-0.3, -0.25) is 0 Å². The fourth-order valence-corrected chi connectivity index (χ4v) is 8.05. The van der Waals surface area contributed by atoms with Crippen molar-refractivity contribution in [1.29, 1.82) is 0 Å². The normalized spacial score (nSPS) is 18.5. The Bertz CT molecular complexity index is 2170. The van der Waals surface area contributed by atoms with Gasteiger partial charge in [0.1, 0.15) is 0 Å². The highest BCUT2D eigenvalue weighted by Gasteiger charge is 2.45. The van der Waals surface area contributed by atoms with Crippen molar-refractivity contribution in [3.8, 4) is 22.3 Å². The minimum atomic E-state index is -0.0374. The van der Waals surface area contributed by atoms with Gasteiger partial charge >= 0.3 is 0 Å². The summed E-state index contributed by atoms with van der Waals surface area (Å²) >= 11 is 0. The van der Waals surface area contributed by atoms with Gasteiger partial charge in [-0.05, 0) is 112 Å². The molecule has 4 aromatic carbocycles. The second-order valence-electron chi connectivity index (χ2n) is 12.7. The van der Waals surface area contributed by atoms with E-state index in [1.54, 1.807) is 5.57 Å².